The third kappa shape index (κ3) is 3.16. The molecule has 1 aliphatic rings. The monoisotopic (exact) mass is 307 g/mol. The molecule has 2 heterocycles. The fourth-order valence-electron chi connectivity index (χ4n) is 2.00. The normalized spacial score (nSPS) is 31.4. The summed E-state index contributed by atoms with van der Waals surface area (Å²) in [6.45, 7) is 4.66. The first-order chi connectivity index (χ1) is 8.13. The van der Waals surface area contributed by atoms with E-state index in [2.05, 4.69) is 48.1 Å². The Labute approximate surface area is 121 Å². The molecule has 0 spiro atoms. The minimum absolute atomic E-state index is 0.384. The number of thioether (sulfide) groups is 2. The van der Waals surface area contributed by atoms with Gasteiger partial charge in [0, 0.05) is 26.4 Å². The summed E-state index contributed by atoms with van der Waals surface area (Å²) in [6.07, 6.45) is 0. The Morgan fingerprint density at radius 1 is 1.41 bits per heavy atom. The molecular weight excluding hydrogens is 290 g/mol. The first-order valence-electron chi connectivity index (χ1n) is 5.80. The maximum absolute atomic E-state index is 6.25. The highest BCUT2D eigenvalue weighted by Crippen LogP contribution is 2.43. The molecule has 0 amide bonds. The van der Waals surface area contributed by atoms with Gasteiger partial charge in [0.2, 0.25) is 0 Å². The van der Waals surface area contributed by atoms with E-state index in [0.717, 1.165) is 10.3 Å². The van der Waals surface area contributed by atoms with Crippen LogP contribution in [-0.4, -0.2) is 28.6 Å². The van der Waals surface area contributed by atoms with Crippen molar-refractivity contribution in [2.75, 3.05) is 12.8 Å². The Morgan fingerprint density at radius 2 is 2.18 bits per heavy atom. The average Bonchev–Trinajstić information content (AvgIpc) is 2.71. The van der Waals surface area contributed by atoms with Crippen molar-refractivity contribution in [3.8, 4) is 0 Å². The van der Waals surface area contributed by atoms with Gasteiger partial charge in [-0.15, -0.1) is 11.3 Å². The third-order valence-corrected chi connectivity index (χ3v) is 8.12. The summed E-state index contributed by atoms with van der Waals surface area (Å²) in [5, 5.41) is 8.52. The molecule has 1 saturated heterocycles. The fraction of sp³-hybridized carbons (Fsp3) is 0.667. The van der Waals surface area contributed by atoms with Crippen LogP contribution in [0.4, 0.5) is 0 Å². The van der Waals surface area contributed by atoms with Gasteiger partial charge in [-0.2, -0.15) is 23.5 Å². The zero-order valence-corrected chi connectivity index (χ0v) is 13.5. The SMILES string of the molecule is CNC(c1sccc1Cl)C1CSC(C)C(C)S1. The Bertz CT molecular complexity index is 368. The zero-order valence-electron chi connectivity index (χ0n) is 10.3. The molecule has 0 bridgehead atoms. The zero-order chi connectivity index (χ0) is 12.4. The Balaban J connectivity index is 2.12. The van der Waals surface area contributed by atoms with E-state index >= 15 is 0 Å². The van der Waals surface area contributed by atoms with Crippen molar-refractivity contribution in [3.05, 3.63) is 21.3 Å². The van der Waals surface area contributed by atoms with Crippen LogP contribution < -0.4 is 5.32 Å². The number of rotatable bonds is 3. The fourth-order valence-corrected chi connectivity index (χ4v) is 6.57. The van der Waals surface area contributed by atoms with E-state index in [0.29, 0.717) is 16.5 Å². The molecule has 17 heavy (non-hydrogen) atoms. The number of thiophene rings is 1. The van der Waals surface area contributed by atoms with E-state index in [1.165, 1.54) is 10.6 Å². The van der Waals surface area contributed by atoms with Crippen LogP contribution >= 0.6 is 46.5 Å². The summed E-state index contributed by atoms with van der Waals surface area (Å²) < 4.78 is 0. The quantitative estimate of drug-likeness (QED) is 0.895. The number of hydrogen-bond acceptors (Lipinski definition) is 4. The molecular formula is C12H18ClNS3. The second-order valence-electron chi connectivity index (χ2n) is 4.32. The van der Waals surface area contributed by atoms with Crippen LogP contribution in [0.15, 0.2) is 11.4 Å². The topological polar surface area (TPSA) is 12.0 Å². The Hall–Kier alpha value is 0.650. The van der Waals surface area contributed by atoms with E-state index < -0.39 is 0 Å². The van der Waals surface area contributed by atoms with E-state index in [9.17, 15) is 0 Å². The molecule has 0 radical (unpaired) electrons. The van der Waals surface area contributed by atoms with Crippen LogP contribution in [0.5, 0.6) is 0 Å². The minimum atomic E-state index is 0.384. The lowest BCUT2D eigenvalue weighted by atomic mass is 10.2. The second kappa shape index (κ2) is 6.20. The number of halogens is 1. The summed E-state index contributed by atoms with van der Waals surface area (Å²) in [4.78, 5) is 1.29. The van der Waals surface area contributed by atoms with E-state index in [4.69, 9.17) is 11.6 Å². The standard InChI is InChI=1S/C12H18ClNS3/c1-7-8(2)17-10(6-16-7)11(14-3)12-9(13)4-5-15-12/h4-5,7-8,10-11,14H,6H2,1-3H3. The summed E-state index contributed by atoms with van der Waals surface area (Å²) >= 11 is 12.2. The van der Waals surface area contributed by atoms with Crippen molar-refractivity contribution >= 4 is 46.5 Å². The Kier molecular flexibility index (Phi) is 5.13. The van der Waals surface area contributed by atoms with E-state index in [1.807, 2.05) is 13.1 Å². The lowest BCUT2D eigenvalue weighted by Crippen LogP contribution is -2.35. The first-order valence-corrected chi connectivity index (χ1v) is 9.05. The molecule has 0 aliphatic carbocycles. The predicted octanol–water partition coefficient (Wildman–Crippen LogP) is 4.29. The average molecular weight is 308 g/mol. The summed E-state index contributed by atoms with van der Waals surface area (Å²) in [5.41, 5.74) is 0. The van der Waals surface area contributed by atoms with Gasteiger partial charge in [-0.05, 0) is 18.5 Å². The highest BCUT2D eigenvalue weighted by molar-refractivity contribution is 8.07. The molecule has 1 fully saturated rings. The smallest absolute Gasteiger partial charge is 0.0561 e. The molecule has 1 aromatic heterocycles. The van der Waals surface area contributed by atoms with Crippen molar-refractivity contribution in [2.45, 2.75) is 35.6 Å². The highest BCUT2D eigenvalue weighted by Gasteiger charge is 2.32. The summed E-state index contributed by atoms with van der Waals surface area (Å²) in [5.74, 6) is 1.20. The van der Waals surface area contributed by atoms with Crippen molar-refractivity contribution in [2.24, 2.45) is 0 Å². The van der Waals surface area contributed by atoms with Gasteiger partial charge in [0.15, 0.2) is 0 Å². The van der Waals surface area contributed by atoms with Crippen LogP contribution in [0.2, 0.25) is 5.02 Å². The van der Waals surface area contributed by atoms with E-state index in [1.54, 1.807) is 11.3 Å². The van der Waals surface area contributed by atoms with Crippen molar-refractivity contribution in [3.63, 3.8) is 0 Å². The first kappa shape index (κ1) is 14.1. The van der Waals surface area contributed by atoms with Crippen molar-refractivity contribution < 1.29 is 0 Å². The molecule has 5 heteroatoms. The third-order valence-electron chi connectivity index (χ3n) is 3.18. The van der Waals surface area contributed by atoms with Crippen LogP contribution in [-0.2, 0) is 0 Å². The largest absolute Gasteiger partial charge is 0.311 e. The molecule has 4 atom stereocenters. The summed E-state index contributed by atoms with van der Waals surface area (Å²) in [7, 11) is 2.04. The molecule has 1 aliphatic heterocycles. The van der Waals surface area contributed by atoms with Gasteiger partial charge < -0.3 is 5.32 Å². The number of hydrogen-bond donors (Lipinski definition) is 1. The molecule has 1 nitrogen and oxygen atoms in total. The van der Waals surface area contributed by atoms with Crippen LogP contribution in [0.25, 0.3) is 0 Å². The lowest BCUT2D eigenvalue weighted by molar-refractivity contribution is 0.598. The maximum atomic E-state index is 6.25. The van der Waals surface area contributed by atoms with Gasteiger partial charge >= 0.3 is 0 Å². The molecule has 4 unspecified atom stereocenters. The predicted molar refractivity (Wildman–Crippen MR) is 83.9 cm³/mol. The summed E-state index contributed by atoms with van der Waals surface area (Å²) in [6, 6.07) is 2.38. The number of nitrogens with one attached hydrogen (secondary N) is 1. The highest BCUT2D eigenvalue weighted by atomic mass is 35.5. The van der Waals surface area contributed by atoms with Gasteiger partial charge in [-0.3, -0.25) is 0 Å². The minimum Gasteiger partial charge on any atom is -0.311 e. The van der Waals surface area contributed by atoms with Crippen molar-refractivity contribution in [1.29, 1.82) is 0 Å². The van der Waals surface area contributed by atoms with Gasteiger partial charge in [-0.25, -0.2) is 0 Å². The molecule has 96 valence electrons. The molecule has 1 aromatic rings. The van der Waals surface area contributed by atoms with Crippen LogP contribution in [0.1, 0.15) is 24.8 Å². The van der Waals surface area contributed by atoms with Crippen molar-refractivity contribution in [1.82, 2.24) is 5.32 Å². The molecule has 0 saturated carbocycles. The van der Waals surface area contributed by atoms with E-state index in [-0.39, 0.29) is 0 Å². The second-order valence-corrected chi connectivity index (χ2v) is 8.70. The Morgan fingerprint density at radius 3 is 2.71 bits per heavy atom. The van der Waals surface area contributed by atoms with Gasteiger partial charge in [0.1, 0.15) is 0 Å². The lowest BCUT2D eigenvalue weighted by Gasteiger charge is -2.35. The van der Waals surface area contributed by atoms with Gasteiger partial charge in [0.25, 0.3) is 0 Å². The molecule has 1 N–H and O–H groups in total. The molecule has 2 rings (SSSR count). The van der Waals surface area contributed by atoms with Crippen LogP contribution in [0, 0.1) is 0 Å². The van der Waals surface area contributed by atoms with Gasteiger partial charge in [-0.1, -0.05) is 25.4 Å². The molecule has 0 aromatic carbocycles. The van der Waals surface area contributed by atoms with Gasteiger partial charge in [0.05, 0.1) is 11.1 Å². The maximum Gasteiger partial charge on any atom is 0.0561 e. The van der Waals surface area contributed by atoms with Crippen LogP contribution in [0.3, 0.4) is 0 Å².